The van der Waals surface area contributed by atoms with Gasteiger partial charge in [-0.05, 0) is 38.8 Å². The minimum atomic E-state index is -0.143. The molecule has 1 aliphatic rings. The summed E-state index contributed by atoms with van der Waals surface area (Å²) < 4.78 is 5.59. The highest BCUT2D eigenvalue weighted by Gasteiger charge is 2.26. The molecule has 2 rings (SSSR count). The summed E-state index contributed by atoms with van der Waals surface area (Å²) in [5.41, 5.74) is 0.651. The number of rotatable bonds is 4. The van der Waals surface area contributed by atoms with Gasteiger partial charge in [0.15, 0.2) is 5.78 Å². The Morgan fingerprint density at radius 1 is 1.37 bits per heavy atom. The smallest absolute Gasteiger partial charge is 0.166 e. The third-order valence-electron chi connectivity index (χ3n) is 3.34. The van der Waals surface area contributed by atoms with E-state index in [1.54, 1.807) is 12.1 Å². The van der Waals surface area contributed by atoms with Crippen molar-refractivity contribution < 1.29 is 14.3 Å². The molecule has 1 unspecified atom stereocenters. The van der Waals surface area contributed by atoms with Gasteiger partial charge in [-0.25, -0.2) is 0 Å². The van der Waals surface area contributed by atoms with E-state index in [9.17, 15) is 9.59 Å². The van der Waals surface area contributed by atoms with Crippen LogP contribution in [-0.2, 0) is 4.79 Å². The molecule has 0 amide bonds. The lowest BCUT2D eigenvalue weighted by Gasteiger charge is -2.20. The summed E-state index contributed by atoms with van der Waals surface area (Å²) in [5.74, 6) is 0.847. The van der Waals surface area contributed by atoms with Crippen molar-refractivity contribution in [2.24, 2.45) is 5.92 Å². The largest absolute Gasteiger partial charge is 0.491 e. The lowest BCUT2D eigenvalue weighted by Crippen LogP contribution is -2.23. The van der Waals surface area contributed by atoms with Gasteiger partial charge in [-0.1, -0.05) is 12.1 Å². The van der Waals surface area contributed by atoms with E-state index in [-0.39, 0.29) is 23.6 Å². The van der Waals surface area contributed by atoms with Crippen molar-refractivity contribution in [2.75, 3.05) is 0 Å². The predicted molar refractivity (Wildman–Crippen MR) is 73.5 cm³/mol. The van der Waals surface area contributed by atoms with Crippen LogP contribution in [0, 0.1) is 5.92 Å². The van der Waals surface area contributed by atoms with Gasteiger partial charge in [0.2, 0.25) is 0 Å². The highest BCUT2D eigenvalue weighted by Crippen LogP contribution is 2.26. The van der Waals surface area contributed by atoms with Crippen LogP contribution in [0.4, 0.5) is 0 Å². The highest BCUT2D eigenvalue weighted by atomic mass is 16.5. The van der Waals surface area contributed by atoms with Crippen LogP contribution < -0.4 is 4.74 Å². The zero-order valence-corrected chi connectivity index (χ0v) is 11.5. The Kier molecular flexibility index (Phi) is 4.35. The first-order chi connectivity index (χ1) is 9.06. The van der Waals surface area contributed by atoms with Gasteiger partial charge in [0.25, 0.3) is 0 Å². The van der Waals surface area contributed by atoms with Crippen molar-refractivity contribution >= 4 is 11.6 Å². The molecular weight excluding hydrogens is 240 g/mol. The second-order valence-electron chi connectivity index (χ2n) is 5.39. The second-order valence-corrected chi connectivity index (χ2v) is 5.39. The molecule has 1 atom stereocenters. The molecule has 3 heteroatoms. The van der Waals surface area contributed by atoms with E-state index in [0.29, 0.717) is 24.2 Å². The maximum Gasteiger partial charge on any atom is 0.166 e. The van der Waals surface area contributed by atoms with Crippen LogP contribution in [0.2, 0.25) is 0 Å². The molecule has 0 aliphatic heterocycles. The molecule has 0 N–H and O–H groups in total. The van der Waals surface area contributed by atoms with Crippen molar-refractivity contribution in [1.82, 2.24) is 0 Å². The number of ether oxygens (including phenoxy) is 1. The van der Waals surface area contributed by atoms with Crippen molar-refractivity contribution in [2.45, 2.75) is 45.6 Å². The van der Waals surface area contributed by atoms with Crippen molar-refractivity contribution in [3.8, 4) is 5.75 Å². The minimum absolute atomic E-state index is 0.0715. The monoisotopic (exact) mass is 260 g/mol. The molecule has 0 aromatic heterocycles. The molecule has 0 bridgehead atoms. The summed E-state index contributed by atoms with van der Waals surface area (Å²) in [6.07, 6.45) is 2.76. The highest BCUT2D eigenvalue weighted by molar-refractivity contribution is 6.00. The molecule has 1 aliphatic carbocycles. The molecule has 102 valence electrons. The van der Waals surface area contributed by atoms with E-state index in [1.165, 1.54) is 0 Å². The first kappa shape index (κ1) is 13.8. The second kappa shape index (κ2) is 6.00. The fourth-order valence-electron chi connectivity index (χ4n) is 2.48. The summed E-state index contributed by atoms with van der Waals surface area (Å²) in [6.45, 7) is 3.91. The molecule has 0 spiro atoms. The lowest BCUT2D eigenvalue weighted by atomic mass is 9.83. The lowest BCUT2D eigenvalue weighted by molar-refractivity contribution is -0.121. The molecule has 0 saturated heterocycles. The summed E-state index contributed by atoms with van der Waals surface area (Å²) in [5, 5.41) is 0. The van der Waals surface area contributed by atoms with E-state index < -0.39 is 0 Å². The van der Waals surface area contributed by atoms with Gasteiger partial charge >= 0.3 is 0 Å². The van der Waals surface area contributed by atoms with E-state index in [1.807, 2.05) is 26.0 Å². The summed E-state index contributed by atoms with van der Waals surface area (Å²) in [6, 6.07) is 7.26. The third-order valence-corrected chi connectivity index (χ3v) is 3.34. The van der Waals surface area contributed by atoms with Crippen LogP contribution in [-0.4, -0.2) is 17.7 Å². The average Bonchev–Trinajstić information content (AvgIpc) is 2.37. The van der Waals surface area contributed by atoms with E-state index >= 15 is 0 Å². The zero-order chi connectivity index (χ0) is 13.8. The molecule has 1 aromatic rings. The summed E-state index contributed by atoms with van der Waals surface area (Å²) >= 11 is 0. The van der Waals surface area contributed by atoms with Crippen molar-refractivity contribution in [3.63, 3.8) is 0 Å². The molecule has 1 aromatic carbocycles. The molecule has 3 nitrogen and oxygen atoms in total. The Morgan fingerprint density at radius 3 is 2.84 bits per heavy atom. The SMILES string of the molecule is CC(C)Oc1cccc(C(=O)C2CCCC(=O)C2)c1. The van der Waals surface area contributed by atoms with Gasteiger partial charge in [-0.15, -0.1) is 0 Å². The van der Waals surface area contributed by atoms with Crippen LogP contribution in [0.1, 0.15) is 49.9 Å². The van der Waals surface area contributed by atoms with Gasteiger partial charge in [0, 0.05) is 24.3 Å². The number of benzene rings is 1. The van der Waals surface area contributed by atoms with Gasteiger partial charge in [0.1, 0.15) is 11.5 Å². The zero-order valence-electron chi connectivity index (χ0n) is 11.5. The first-order valence-corrected chi connectivity index (χ1v) is 6.89. The van der Waals surface area contributed by atoms with E-state index in [0.717, 1.165) is 12.8 Å². The maximum atomic E-state index is 12.4. The van der Waals surface area contributed by atoms with Crippen LogP contribution in [0.25, 0.3) is 0 Å². The number of carbonyl (C=O) groups is 2. The molecular formula is C16H20O3. The Labute approximate surface area is 114 Å². The fraction of sp³-hybridized carbons (Fsp3) is 0.500. The molecule has 1 fully saturated rings. The standard InChI is InChI=1S/C16H20O3/c1-11(2)19-15-8-4-6-13(10-15)16(18)12-5-3-7-14(17)9-12/h4,6,8,10-12H,3,5,7,9H2,1-2H3. The maximum absolute atomic E-state index is 12.4. The third kappa shape index (κ3) is 3.66. The van der Waals surface area contributed by atoms with Crippen molar-refractivity contribution in [1.29, 1.82) is 0 Å². The summed E-state index contributed by atoms with van der Waals surface area (Å²) in [4.78, 5) is 23.8. The Balaban J connectivity index is 2.12. The quantitative estimate of drug-likeness (QED) is 0.779. The van der Waals surface area contributed by atoms with Crippen LogP contribution in [0.5, 0.6) is 5.75 Å². The van der Waals surface area contributed by atoms with Crippen molar-refractivity contribution in [3.05, 3.63) is 29.8 Å². The van der Waals surface area contributed by atoms with E-state index in [2.05, 4.69) is 0 Å². The topological polar surface area (TPSA) is 43.4 Å². The Bertz CT molecular complexity index is 477. The number of Topliss-reactive ketones (excluding diaryl/α,β-unsaturated/α-hetero) is 2. The van der Waals surface area contributed by atoms with Gasteiger partial charge in [-0.3, -0.25) is 9.59 Å². The first-order valence-electron chi connectivity index (χ1n) is 6.89. The van der Waals surface area contributed by atoms with Crippen LogP contribution >= 0.6 is 0 Å². The average molecular weight is 260 g/mol. The minimum Gasteiger partial charge on any atom is -0.491 e. The molecule has 0 heterocycles. The number of carbonyl (C=O) groups excluding carboxylic acids is 2. The van der Waals surface area contributed by atoms with Gasteiger partial charge in [-0.2, -0.15) is 0 Å². The molecule has 1 saturated carbocycles. The number of hydrogen-bond acceptors (Lipinski definition) is 3. The van der Waals surface area contributed by atoms with Crippen LogP contribution in [0.3, 0.4) is 0 Å². The van der Waals surface area contributed by atoms with E-state index in [4.69, 9.17) is 4.74 Å². The molecule has 19 heavy (non-hydrogen) atoms. The number of ketones is 2. The predicted octanol–water partition coefficient (Wildman–Crippen LogP) is 3.42. The summed E-state index contributed by atoms with van der Waals surface area (Å²) in [7, 11) is 0. The normalized spacial score (nSPS) is 19.5. The number of hydrogen-bond donors (Lipinski definition) is 0. The molecule has 0 radical (unpaired) electrons. The van der Waals surface area contributed by atoms with Crippen LogP contribution in [0.15, 0.2) is 24.3 Å². The Hall–Kier alpha value is -1.64. The van der Waals surface area contributed by atoms with Gasteiger partial charge < -0.3 is 4.74 Å². The van der Waals surface area contributed by atoms with Gasteiger partial charge in [0.05, 0.1) is 6.10 Å². The fourth-order valence-corrected chi connectivity index (χ4v) is 2.48. The Morgan fingerprint density at radius 2 is 2.16 bits per heavy atom.